The predicted octanol–water partition coefficient (Wildman–Crippen LogP) is 2.95. The number of hydrogen-bond acceptors (Lipinski definition) is 5. The van der Waals surface area contributed by atoms with E-state index in [1.807, 2.05) is 0 Å². The highest BCUT2D eigenvalue weighted by molar-refractivity contribution is 7.71. The van der Waals surface area contributed by atoms with Crippen LogP contribution in [0.15, 0.2) is 0 Å². The minimum atomic E-state index is 0.569. The highest BCUT2D eigenvalue weighted by Crippen LogP contribution is 2.39. The van der Waals surface area contributed by atoms with E-state index in [1.54, 1.807) is 0 Å². The molecule has 25 heavy (non-hydrogen) atoms. The minimum Gasteiger partial charge on any atom is -0.378 e. The molecule has 4 fully saturated rings. The number of rotatable bonds is 6. The number of morpholine rings is 1. The predicted molar refractivity (Wildman–Crippen MR) is 99.5 cm³/mol. The number of hydrogen-bond donors (Lipinski definition) is 0. The van der Waals surface area contributed by atoms with Crippen LogP contribution in [0.4, 0.5) is 5.95 Å². The molecule has 0 spiro atoms. The van der Waals surface area contributed by atoms with Gasteiger partial charge in [0.25, 0.3) is 0 Å². The summed E-state index contributed by atoms with van der Waals surface area (Å²) in [5, 5.41) is 5.02. The summed E-state index contributed by atoms with van der Waals surface area (Å²) in [4.78, 5) is 5.07. The van der Waals surface area contributed by atoms with Gasteiger partial charge < -0.3 is 9.64 Å². The van der Waals surface area contributed by atoms with Crippen LogP contribution in [-0.4, -0.2) is 57.6 Å². The lowest BCUT2D eigenvalue weighted by Gasteiger charge is -2.28. The highest BCUT2D eigenvalue weighted by Gasteiger charge is 2.37. The molecule has 1 aliphatic heterocycles. The van der Waals surface area contributed by atoms with E-state index in [9.17, 15) is 0 Å². The average Bonchev–Trinajstić information content (AvgIpc) is 3.57. The zero-order valence-electron chi connectivity index (χ0n) is 15.0. The lowest BCUT2D eigenvalue weighted by atomic mass is 10.2. The van der Waals surface area contributed by atoms with E-state index >= 15 is 0 Å². The van der Waals surface area contributed by atoms with Crippen LogP contribution in [-0.2, 0) is 11.4 Å². The van der Waals surface area contributed by atoms with E-state index in [-0.39, 0.29) is 0 Å². The molecule has 2 heterocycles. The van der Waals surface area contributed by atoms with Crippen molar-refractivity contribution in [1.29, 1.82) is 0 Å². The van der Waals surface area contributed by atoms with Crippen molar-refractivity contribution in [3.8, 4) is 0 Å². The summed E-state index contributed by atoms with van der Waals surface area (Å²) in [6.45, 7) is 4.31. The fourth-order valence-electron chi connectivity index (χ4n) is 4.46. The van der Waals surface area contributed by atoms with Gasteiger partial charge in [-0.1, -0.05) is 12.8 Å². The zero-order chi connectivity index (χ0) is 16.8. The summed E-state index contributed by atoms with van der Waals surface area (Å²) in [6, 6.07) is 2.08. The highest BCUT2D eigenvalue weighted by atomic mass is 32.1. The van der Waals surface area contributed by atoms with Crippen molar-refractivity contribution < 1.29 is 4.74 Å². The summed E-state index contributed by atoms with van der Waals surface area (Å²) in [5.74, 6) is 1.08. The molecule has 3 aliphatic carbocycles. The van der Waals surface area contributed by atoms with Gasteiger partial charge in [-0.05, 0) is 50.7 Å². The van der Waals surface area contributed by atoms with Crippen LogP contribution in [0, 0.1) is 4.77 Å². The van der Waals surface area contributed by atoms with Crippen LogP contribution in [0.3, 0.4) is 0 Å². The van der Waals surface area contributed by atoms with Crippen LogP contribution in [0.5, 0.6) is 0 Å². The maximum Gasteiger partial charge on any atom is 0.226 e. The van der Waals surface area contributed by atoms with E-state index in [1.165, 1.54) is 51.4 Å². The third-order valence-corrected chi connectivity index (χ3v) is 6.57. The van der Waals surface area contributed by atoms with Gasteiger partial charge >= 0.3 is 0 Å². The molecule has 6 nitrogen and oxygen atoms in total. The molecule has 0 unspecified atom stereocenters. The maximum absolute atomic E-state index is 5.88. The lowest BCUT2D eigenvalue weighted by molar-refractivity contribution is 0.121. The average molecular weight is 364 g/mol. The Morgan fingerprint density at radius 2 is 1.68 bits per heavy atom. The molecule has 1 aromatic rings. The van der Waals surface area contributed by atoms with Gasteiger partial charge in [0.15, 0.2) is 0 Å². The minimum absolute atomic E-state index is 0.569. The molecular weight excluding hydrogens is 334 g/mol. The van der Waals surface area contributed by atoms with Crippen molar-refractivity contribution in [2.75, 3.05) is 31.2 Å². The standard InChI is InChI=1S/C18H29N5OS/c25-18-22(13-21(15-5-6-15)14-3-1-2-4-14)19-17(23(18)16-7-8-16)20-9-11-24-12-10-20/h14-16H,1-13H2. The van der Waals surface area contributed by atoms with Gasteiger partial charge in [-0.3, -0.25) is 9.47 Å². The van der Waals surface area contributed by atoms with Gasteiger partial charge in [-0.25, -0.2) is 4.68 Å². The molecular formula is C18H29N5OS. The Morgan fingerprint density at radius 1 is 1.00 bits per heavy atom. The first-order valence-electron chi connectivity index (χ1n) is 10.1. The Balaban J connectivity index is 1.43. The second kappa shape index (κ2) is 6.67. The molecule has 0 amide bonds. The van der Waals surface area contributed by atoms with Crippen molar-refractivity contribution in [2.24, 2.45) is 0 Å². The third-order valence-electron chi connectivity index (χ3n) is 6.17. The molecule has 3 saturated carbocycles. The quantitative estimate of drug-likeness (QED) is 0.727. The van der Waals surface area contributed by atoms with Crippen molar-refractivity contribution >= 4 is 18.2 Å². The van der Waals surface area contributed by atoms with Crippen LogP contribution in [0.1, 0.15) is 57.4 Å². The Hall–Kier alpha value is -0.920. The first kappa shape index (κ1) is 16.3. The summed E-state index contributed by atoms with van der Waals surface area (Å²) < 4.78 is 10.9. The SMILES string of the molecule is S=c1n(CN(C2CCCC2)C2CC2)nc(N2CCOCC2)n1C1CC1. The van der Waals surface area contributed by atoms with E-state index in [4.69, 9.17) is 22.1 Å². The van der Waals surface area contributed by atoms with Crippen molar-refractivity contribution in [1.82, 2.24) is 19.2 Å². The van der Waals surface area contributed by atoms with E-state index < -0.39 is 0 Å². The molecule has 7 heteroatoms. The van der Waals surface area contributed by atoms with Gasteiger partial charge in [-0.2, -0.15) is 0 Å². The lowest BCUT2D eigenvalue weighted by Crippen LogP contribution is -2.38. The van der Waals surface area contributed by atoms with Gasteiger partial charge in [0.2, 0.25) is 10.7 Å². The van der Waals surface area contributed by atoms with Crippen LogP contribution in [0.2, 0.25) is 0 Å². The summed E-state index contributed by atoms with van der Waals surface area (Å²) in [5.41, 5.74) is 0. The monoisotopic (exact) mass is 363 g/mol. The third kappa shape index (κ3) is 3.26. The van der Waals surface area contributed by atoms with Gasteiger partial charge in [0.1, 0.15) is 0 Å². The van der Waals surface area contributed by atoms with E-state index in [0.717, 1.165) is 55.8 Å². The number of aromatic nitrogens is 3. The Labute approximate surface area is 154 Å². The first-order chi connectivity index (χ1) is 12.3. The molecule has 138 valence electrons. The molecule has 1 aromatic heterocycles. The molecule has 5 rings (SSSR count). The molecule has 0 atom stereocenters. The summed E-state index contributed by atoms with van der Waals surface area (Å²) in [7, 11) is 0. The molecule has 0 bridgehead atoms. The largest absolute Gasteiger partial charge is 0.378 e. The zero-order valence-corrected chi connectivity index (χ0v) is 15.8. The maximum atomic E-state index is 5.88. The van der Waals surface area contributed by atoms with E-state index in [0.29, 0.717) is 6.04 Å². The van der Waals surface area contributed by atoms with Crippen molar-refractivity contribution in [3.05, 3.63) is 4.77 Å². The topological polar surface area (TPSA) is 38.5 Å². The molecule has 4 aliphatic rings. The number of nitrogens with zero attached hydrogens (tertiary/aromatic N) is 5. The van der Waals surface area contributed by atoms with Gasteiger partial charge in [0, 0.05) is 31.2 Å². The van der Waals surface area contributed by atoms with Gasteiger partial charge in [0.05, 0.1) is 19.9 Å². The van der Waals surface area contributed by atoms with Crippen molar-refractivity contribution in [2.45, 2.75) is 76.2 Å². The molecule has 1 saturated heterocycles. The number of ether oxygens (including phenoxy) is 1. The number of anilines is 1. The fraction of sp³-hybridized carbons (Fsp3) is 0.889. The molecule has 0 N–H and O–H groups in total. The van der Waals surface area contributed by atoms with Gasteiger partial charge in [-0.15, -0.1) is 5.10 Å². The summed E-state index contributed by atoms with van der Waals surface area (Å²) >= 11 is 5.88. The van der Waals surface area contributed by atoms with Crippen LogP contribution < -0.4 is 4.90 Å². The second-order valence-corrected chi connectivity index (χ2v) is 8.47. The Bertz CT molecular complexity index is 665. The normalized spacial score (nSPS) is 25.2. The van der Waals surface area contributed by atoms with Crippen LogP contribution in [0.25, 0.3) is 0 Å². The smallest absolute Gasteiger partial charge is 0.226 e. The Kier molecular flexibility index (Phi) is 4.34. The second-order valence-electron chi connectivity index (χ2n) is 8.11. The molecule has 0 aromatic carbocycles. The van der Waals surface area contributed by atoms with Crippen molar-refractivity contribution in [3.63, 3.8) is 0 Å². The van der Waals surface area contributed by atoms with E-state index in [2.05, 4.69) is 19.0 Å². The first-order valence-corrected chi connectivity index (χ1v) is 10.5. The Morgan fingerprint density at radius 3 is 2.32 bits per heavy atom. The molecule has 0 radical (unpaired) electrons. The van der Waals surface area contributed by atoms with Crippen LogP contribution >= 0.6 is 12.2 Å². The fourth-order valence-corrected chi connectivity index (χ4v) is 4.79. The summed E-state index contributed by atoms with van der Waals surface area (Å²) in [6.07, 6.45) is 10.7.